The SMILES string of the molecule is C=C1CCCN1CC(=O)N(C)C. The van der Waals surface area contributed by atoms with Crippen LogP contribution in [-0.4, -0.2) is 42.9 Å². The Hall–Kier alpha value is -0.990. The molecular weight excluding hydrogens is 152 g/mol. The average Bonchev–Trinajstić information content (AvgIpc) is 2.36. The number of likely N-dealkylation sites (N-methyl/N-ethyl adjacent to an activating group) is 1. The van der Waals surface area contributed by atoms with Gasteiger partial charge in [0.25, 0.3) is 0 Å². The van der Waals surface area contributed by atoms with Crippen LogP contribution >= 0.6 is 0 Å². The Kier molecular flexibility index (Phi) is 2.74. The van der Waals surface area contributed by atoms with E-state index in [-0.39, 0.29) is 5.91 Å². The van der Waals surface area contributed by atoms with Crippen LogP contribution in [0.3, 0.4) is 0 Å². The van der Waals surface area contributed by atoms with Gasteiger partial charge in [-0.05, 0) is 12.8 Å². The van der Waals surface area contributed by atoms with Gasteiger partial charge in [-0.1, -0.05) is 6.58 Å². The van der Waals surface area contributed by atoms with Crippen LogP contribution in [0.15, 0.2) is 12.3 Å². The highest BCUT2D eigenvalue weighted by Gasteiger charge is 2.18. The lowest BCUT2D eigenvalue weighted by Crippen LogP contribution is -2.33. The second-order valence-corrected chi connectivity index (χ2v) is 3.38. The number of hydrogen-bond acceptors (Lipinski definition) is 2. The first-order valence-corrected chi connectivity index (χ1v) is 4.24. The number of amides is 1. The fourth-order valence-electron chi connectivity index (χ4n) is 1.29. The van der Waals surface area contributed by atoms with E-state index in [9.17, 15) is 4.79 Å². The molecule has 0 bridgehead atoms. The molecule has 0 saturated carbocycles. The summed E-state index contributed by atoms with van der Waals surface area (Å²) in [5.41, 5.74) is 1.10. The van der Waals surface area contributed by atoms with Crippen molar-refractivity contribution < 1.29 is 4.79 Å². The molecule has 0 aromatic heterocycles. The van der Waals surface area contributed by atoms with Gasteiger partial charge in [0.1, 0.15) is 0 Å². The van der Waals surface area contributed by atoms with Crippen molar-refractivity contribution in [3.8, 4) is 0 Å². The number of hydrogen-bond donors (Lipinski definition) is 0. The Morgan fingerprint density at radius 1 is 1.67 bits per heavy atom. The van der Waals surface area contributed by atoms with E-state index in [1.807, 2.05) is 0 Å². The van der Waals surface area contributed by atoms with Crippen molar-refractivity contribution in [2.75, 3.05) is 27.2 Å². The predicted molar refractivity (Wildman–Crippen MR) is 48.6 cm³/mol. The zero-order valence-corrected chi connectivity index (χ0v) is 7.84. The van der Waals surface area contributed by atoms with Gasteiger partial charge in [0, 0.05) is 26.3 Å². The maximum atomic E-state index is 11.3. The largest absolute Gasteiger partial charge is 0.366 e. The van der Waals surface area contributed by atoms with Crippen molar-refractivity contribution in [1.29, 1.82) is 0 Å². The van der Waals surface area contributed by atoms with Crippen LogP contribution in [0.25, 0.3) is 0 Å². The quantitative estimate of drug-likeness (QED) is 0.605. The summed E-state index contributed by atoms with van der Waals surface area (Å²) in [6, 6.07) is 0. The van der Waals surface area contributed by atoms with Crippen LogP contribution in [0.1, 0.15) is 12.8 Å². The van der Waals surface area contributed by atoms with Gasteiger partial charge in [-0.25, -0.2) is 0 Å². The molecule has 0 unspecified atom stereocenters. The molecule has 0 aromatic carbocycles. The van der Waals surface area contributed by atoms with Crippen LogP contribution in [0.5, 0.6) is 0 Å². The molecule has 12 heavy (non-hydrogen) atoms. The van der Waals surface area contributed by atoms with E-state index in [0.29, 0.717) is 6.54 Å². The molecule has 1 rings (SSSR count). The summed E-state index contributed by atoms with van der Waals surface area (Å²) < 4.78 is 0. The number of nitrogens with zero attached hydrogens (tertiary/aromatic N) is 2. The maximum absolute atomic E-state index is 11.3. The van der Waals surface area contributed by atoms with Crippen molar-refractivity contribution in [1.82, 2.24) is 9.80 Å². The van der Waals surface area contributed by atoms with Gasteiger partial charge in [-0.2, -0.15) is 0 Å². The first kappa shape index (κ1) is 9.10. The summed E-state index contributed by atoms with van der Waals surface area (Å²) >= 11 is 0. The van der Waals surface area contributed by atoms with Gasteiger partial charge < -0.3 is 9.80 Å². The van der Waals surface area contributed by atoms with Crippen molar-refractivity contribution in [2.45, 2.75) is 12.8 Å². The van der Waals surface area contributed by atoms with Crippen LogP contribution in [0.2, 0.25) is 0 Å². The second-order valence-electron chi connectivity index (χ2n) is 3.38. The van der Waals surface area contributed by atoms with Crippen molar-refractivity contribution in [2.24, 2.45) is 0 Å². The van der Waals surface area contributed by atoms with E-state index in [1.54, 1.807) is 19.0 Å². The molecule has 3 nitrogen and oxygen atoms in total. The Morgan fingerprint density at radius 2 is 2.33 bits per heavy atom. The third-order valence-corrected chi connectivity index (χ3v) is 2.17. The van der Waals surface area contributed by atoms with E-state index in [4.69, 9.17) is 0 Å². The lowest BCUT2D eigenvalue weighted by Gasteiger charge is -2.20. The van der Waals surface area contributed by atoms with Crippen molar-refractivity contribution in [3.63, 3.8) is 0 Å². The van der Waals surface area contributed by atoms with E-state index in [1.165, 1.54) is 0 Å². The standard InChI is InChI=1S/C9H16N2O/c1-8-5-4-6-11(8)7-9(12)10(2)3/h1,4-7H2,2-3H3. The molecule has 1 amide bonds. The van der Waals surface area contributed by atoms with Crippen molar-refractivity contribution >= 4 is 5.91 Å². The first-order valence-electron chi connectivity index (χ1n) is 4.24. The van der Waals surface area contributed by atoms with Gasteiger partial charge in [-0.15, -0.1) is 0 Å². The van der Waals surface area contributed by atoms with E-state index >= 15 is 0 Å². The third kappa shape index (κ3) is 2.00. The van der Waals surface area contributed by atoms with Gasteiger partial charge in [0.05, 0.1) is 6.54 Å². The molecule has 1 aliphatic rings. The summed E-state index contributed by atoms with van der Waals surface area (Å²) in [6.07, 6.45) is 2.18. The predicted octanol–water partition coefficient (Wildman–Crippen LogP) is 0.684. The number of carbonyl (C=O) groups is 1. The molecule has 3 heteroatoms. The zero-order valence-electron chi connectivity index (χ0n) is 7.84. The highest BCUT2D eigenvalue weighted by atomic mass is 16.2. The molecule has 1 fully saturated rings. The first-order chi connectivity index (χ1) is 5.61. The second kappa shape index (κ2) is 3.61. The number of allylic oxidation sites excluding steroid dienone is 1. The fraction of sp³-hybridized carbons (Fsp3) is 0.667. The highest BCUT2D eigenvalue weighted by Crippen LogP contribution is 2.17. The molecule has 0 N–H and O–H groups in total. The molecule has 0 aromatic rings. The Labute approximate surface area is 73.6 Å². The lowest BCUT2D eigenvalue weighted by molar-refractivity contribution is -0.129. The van der Waals surface area contributed by atoms with Gasteiger partial charge >= 0.3 is 0 Å². The molecule has 0 aliphatic carbocycles. The Morgan fingerprint density at radius 3 is 2.75 bits per heavy atom. The maximum Gasteiger partial charge on any atom is 0.241 e. The summed E-state index contributed by atoms with van der Waals surface area (Å²) in [4.78, 5) is 15.0. The van der Waals surface area contributed by atoms with Crippen LogP contribution in [-0.2, 0) is 4.79 Å². The highest BCUT2D eigenvalue weighted by molar-refractivity contribution is 5.77. The van der Waals surface area contributed by atoms with E-state index in [0.717, 1.165) is 25.1 Å². The van der Waals surface area contributed by atoms with Crippen LogP contribution < -0.4 is 0 Å². The minimum Gasteiger partial charge on any atom is -0.366 e. The summed E-state index contributed by atoms with van der Waals surface area (Å²) in [5.74, 6) is 0.151. The van der Waals surface area contributed by atoms with Gasteiger partial charge in [0.2, 0.25) is 5.91 Å². The number of likely N-dealkylation sites (tertiary alicyclic amines) is 1. The summed E-state index contributed by atoms with van der Waals surface area (Å²) in [5, 5.41) is 0. The molecule has 0 atom stereocenters. The molecule has 0 spiro atoms. The molecule has 1 aliphatic heterocycles. The van der Waals surface area contributed by atoms with Crippen LogP contribution in [0.4, 0.5) is 0 Å². The lowest BCUT2D eigenvalue weighted by atomic mass is 10.3. The fourth-order valence-corrected chi connectivity index (χ4v) is 1.29. The molecular formula is C9H16N2O. The Bertz CT molecular complexity index is 199. The smallest absolute Gasteiger partial charge is 0.241 e. The topological polar surface area (TPSA) is 23.6 Å². The van der Waals surface area contributed by atoms with Gasteiger partial charge in [0.15, 0.2) is 0 Å². The Balaban J connectivity index is 2.40. The van der Waals surface area contributed by atoms with Crippen molar-refractivity contribution in [3.05, 3.63) is 12.3 Å². The third-order valence-electron chi connectivity index (χ3n) is 2.17. The molecule has 1 saturated heterocycles. The number of rotatable bonds is 2. The average molecular weight is 168 g/mol. The molecule has 0 radical (unpaired) electrons. The summed E-state index contributed by atoms with van der Waals surface area (Å²) in [6.45, 7) is 5.38. The summed E-state index contributed by atoms with van der Waals surface area (Å²) in [7, 11) is 3.56. The normalized spacial score (nSPS) is 16.8. The minimum absolute atomic E-state index is 0.151. The minimum atomic E-state index is 0.151. The molecule has 1 heterocycles. The van der Waals surface area contributed by atoms with Gasteiger partial charge in [-0.3, -0.25) is 4.79 Å². The van der Waals surface area contributed by atoms with Crippen LogP contribution in [0, 0.1) is 0 Å². The molecule has 68 valence electrons. The monoisotopic (exact) mass is 168 g/mol. The van der Waals surface area contributed by atoms with E-state index in [2.05, 4.69) is 11.5 Å². The number of carbonyl (C=O) groups excluding carboxylic acids is 1. The zero-order chi connectivity index (χ0) is 9.14. The van der Waals surface area contributed by atoms with E-state index < -0.39 is 0 Å².